The predicted molar refractivity (Wildman–Crippen MR) is 73.2 cm³/mol. The van der Waals surface area contributed by atoms with Crippen LogP contribution in [-0.4, -0.2) is 28.0 Å². The lowest BCUT2D eigenvalue weighted by Crippen LogP contribution is -2.15. The van der Waals surface area contributed by atoms with Crippen molar-refractivity contribution in [3.63, 3.8) is 0 Å². The first kappa shape index (κ1) is 13.4. The van der Waals surface area contributed by atoms with Crippen LogP contribution in [0.3, 0.4) is 0 Å². The molecule has 98 valence electrons. The summed E-state index contributed by atoms with van der Waals surface area (Å²) in [6, 6.07) is 3.36. The third kappa shape index (κ3) is 3.25. The smallest absolute Gasteiger partial charge is 0.275 e. The summed E-state index contributed by atoms with van der Waals surface area (Å²) in [5, 5.41) is 2.70. The lowest BCUT2D eigenvalue weighted by atomic mass is 10.3. The molecule has 0 aromatic carbocycles. The second-order valence-electron chi connectivity index (χ2n) is 3.66. The second-order valence-corrected chi connectivity index (χ2v) is 4.51. The van der Waals surface area contributed by atoms with Crippen molar-refractivity contribution in [3.8, 4) is 5.88 Å². The van der Waals surface area contributed by atoms with E-state index in [9.17, 15) is 4.79 Å². The van der Waals surface area contributed by atoms with E-state index in [1.807, 2.05) is 0 Å². The molecule has 19 heavy (non-hydrogen) atoms. The minimum atomic E-state index is -0.329. The van der Waals surface area contributed by atoms with Gasteiger partial charge in [-0.1, -0.05) is 0 Å². The van der Waals surface area contributed by atoms with Gasteiger partial charge in [-0.25, -0.2) is 15.0 Å². The molecule has 2 aromatic heterocycles. The topological polar surface area (TPSA) is 77.0 Å². The molecule has 0 aliphatic rings. The van der Waals surface area contributed by atoms with E-state index < -0.39 is 0 Å². The molecule has 2 rings (SSSR count). The number of amides is 1. The first-order valence-electron chi connectivity index (χ1n) is 5.40. The zero-order chi connectivity index (χ0) is 13.8. The number of nitrogens with zero attached hydrogens (tertiary/aromatic N) is 3. The Kier molecular flexibility index (Phi) is 4.06. The van der Waals surface area contributed by atoms with E-state index in [1.54, 1.807) is 25.3 Å². The Morgan fingerprint density at radius 2 is 2.11 bits per heavy atom. The predicted octanol–water partition coefficient (Wildman–Crippen LogP) is 2.20. The molecule has 0 fully saturated rings. The number of aromatic nitrogens is 3. The van der Waals surface area contributed by atoms with Gasteiger partial charge in [0, 0.05) is 12.3 Å². The lowest BCUT2D eigenvalue weighted by Gasteiger charge is -2.06. The fourth-order valence-electron chi connectivity index (χ4n) is 1.38. The summed E-state index contributed by atoms with van der Waals surface area (Å²) >= 11 is 3.25. The fourth-order valence-corrected chi connectivity index (χ4v) is 1.75. The van der Waals surface area contributed by atoms with Crippen LogP contribution in [0.4, 0.5) is 5.69 Å². The molecule has 0 aliphatic heterocycles. The van der Waals surface area contributed by atoms with Crippen molar-refractivity contribution in [2.45, 2.75) is 6.92 Å². The van der Waals surface area contributed by atoms with Crippen molar-refractivity contribution < 1.29 is 9.53 Å². The number of methoxy groups -OCH3 is 1. The van der Waals surface area contributed by atoms with Gasteiger partial charge in [0.05, 0.1) is 23.5 Å². The number of nitrogens with one attached hydrogen (secondary N) is 1. The SMILES string of the molecule is COc1ccc(NC(=O)c2nc(C)ncc2Br)cn1. The number of carbonyl (C=O) groups excluding carboxylic acids is 1. The molecular weight excluding hydrogens is 312 g/mol. The Bertz CT molecular complexity index is 601. The Balaban J connectivity index is 2.18. The maximum Gasteiger partial charge on any atom is 0.275 e. The van der Waals surface area contributed by atoms with Gasteiger partial charge in [0.2, 0.25) is 5.88 Å². The molecule has 0 radical (unpaired) electrons. The van der Waals surface area contributed by atoms with E-state index in [1.165, 1.54) is 13.3 Å². The molecule has 0 saturated carbocycles. The number of carbonyl (C=O) groups is 1. The van der Waals surface area contributed by atoms with Crippen molar-refractivity contribution >= 4 is 27.5 Å². The van der Waals surface area contributed by atoms with Crippen LogP contribution in [0.25, 0.3) is 0 Å². The van der Waals surface area contributed by atoms with Crippen molar-refractivity contribution in [1.29, 1.82) is 0 Å². The van der Waals surface area contributed by atoms with Crippen LogP contribution < -0.4 is 10.1 Å². The Hall–Kier alpha value is -2.02. The summed E-state index contributed by atoms with van der Waals surface area (Å²) in [5.74, 6) is 0.683. The van der Waals surface area contributed by atoms with Crippen molar-refractivity contribution in [3.05, 3.63) is 40.5 Å². The largest absolute Gasteiger partial charge is 0.481 e. The second kappa shape index (κ2) is 5.75. The fraction of sp³-hybridized carbons (Fsp3) is 0.167. The maximum atomic E-state index is 12.1. The monoisotopic (exact) mass is 322 g/mol. The normalized spacial score (nSPS) is 10.1. The number of pyridine rings is 1. The van der Waals surface area contributed by atoms with Crippen molar-refractivity contribution in [2.24, 2.45) is 0 Å². The van der Waals surface area contributed by atoms with E-state index in [0.29, 0.717) is 21.9 Å². The van der Waals surface area contributed by atoms with Crippen LogP contribution in [-0.2, 0) is 0 Å². The van der Waals surface area contributed by atoms with Gasteiger partial charge in [0.25, 0.3) is 5.91 Å². The molecule has 2 aromatic rings. The van der Waals surface area contributed by atoms with Crippen molar-refractivity contribution in [2.75, 3.05) is 12.4 Å². The number of hydrogen-bond acceptors (Lipinski definition) is 5. The van der Waals surface area contributed by atoms with Gasteiger partial charge in [-0.15, -0.1) is 0 Å². The van der Waals surface area contributed by atoms with Crippen LogP contribution in [0.5, 0.6) is 5.88 Å². The van der Waals surface area contributed by atoms with Crippen LogP contribution in [0.15, 0.2) is 29.0 Å². The van der Waals surface area contributed by atoms with Crippen LogP contribution in [0, 0.1) is 6.92 Å². The van der Waals surface area contributed by atoms with E-state index in [-0.39, 0.29) is 11.6 Å². The molecule has 1 amide bonds. The molecule has 0 bridgehead atoms. The van der Waals surface area contributed by atoms with E-state index in [4.69, 9.17) is 4.74 Å². The third-order valence-corrected chi connectivity index (χ3v) is 2.86. The summed E-state index contributed by atoms with van der Waals surface area (Å²) in [6.45, 7) is 1.72. The zero-order valence-corrected chi connectivity index (χ0v) is 11.9. The molecule has 0 atom stereocenters. The van der Waals surface area contributed by atoms with Crippen LogP contribution >= 0.6 is 15.9 Å². The highest BCUT2D eigenvalue weighted by molar-refractivity contribution is 9.10. The standard InChI is InChI=1S/C12H11BrN4O2/c1-7-14-6-9(13)11(16-7)12(18)17-8-3-4-10(19-2)15-5-8/h3-6H,1-2H3,(H,17,18). The molecule has 7 heteroatoms. The zero-order valence-electron chi connectivity index (χ0n) is 10.3. The molecule has 2 heterocycles. The molecule has 1 N–H and O–H groups in total. The molecular formula is C12H11BrN4O2. The number of halogens is 1. The van der Waals surface area contributed by atoms with Gasteiger partial charge < -0.3 is 10.1 Å². The summed E-state index contributed by atoms with van der Waals surface area (Å²) in [7, 11) is 1.53. The summed E-state index contributed by atoms with van der Waals surface area (Å²) in [6.07, 6.45) is 3.06. The highest BCUT2D eigenvalue weighted by Crippen LogP contribution is 2.16. The molecule has 6 nitrogen and oxygen atoms in total. The molecule has 0 saturated heterocycles. The number of ether oxygens (including phenoxy) is 1. The van der Waals surface area contributed by atoms with Crippen LogP contribution in [0.1, 0.15) is 16.3 Å². The van der Waals surface area contributed by atoms with Gasteiger partial charge in [0.15, 0.2) is 0 Å². The summed E-state index contributed by atoms with van der Waals surface area (Å²) < 4.78 is 5.48. The molecule has 0 aliphatic carbocycles. The quantitative estimate of drug-likeness (QED) is 0.937. The van der Waals surface area contributed by atoms with E-state index in [0.717, 1.165) is 0 Å². The van der Waals surface area contributed by atoms with Crippen molar-refractivity contribution in [1.82, 2.24) is 15.0 Å². The Labute approximate surface area is 118 Å². The summed E-state index contributed by atoms with van der Waals surface area (Å²) in [5.41, 5.74) is 0.845. The van der Waals surface area contributed by atoms with Gasteiger partial charge in [-0.3, -0.25) is 4.79 Å². The first-order chi connectivity index (χ1) is 9.10. The average molecular weight is 323 g/mol. The number of rotatable bonds is 3. The summed E-state index contributed by atoms with van der Waals surface area (Å²) in [4.78, 5) is 24.1. The molecule has 0 unspecified atom stereocenters. The van der Waals surface area contributed by atoms with Crippen LogP contribution in [0.2, 0.25) is 0 Å². The minimum absolute atomic E-state index is 0.281. The third-order valence-electron chi connectivity index (χ3n) is 2.28. The van der Waals surface area contributed by atoms with E-state index in [2.05, 4.69) is 36.2 Å². The van der Waals surface area contributed by atoms with Gasteiger partial charge in [-0.05, 0) is 28.9 Å². The molecule has 0 spiro atoms. The highest BCUT2D eigenvalue weighted by Gasteiger charge is 2.13. The van der Waals surface area contributed by atoms with Gasteiger partial charge in [-0.2, -0.15) is 0 Å². The van der Waals surface area contributed by atoms with E-state index >= 15 is 0 Å². The van der Waals surface area contributed by atoms with Gasteiger partial charge in [0.1, 0.15) is 11.5 Å². The number of aryl methyl sites for hydroxylation is 1. The average Bonchev–Trinajstić information content (AvgIpc) is 2.42. The Morgan fingerprint density at radius 1 is 1.32 bits per heavy atom. The highest BCUT2D eigenvalue weighted by atomic mass is 79.9. The Morgan fingerprint density at radius 3 is 2.74 bits per heavy atom. The number of anilines is 1. The maximum absolute atomic E-state index is 12.1. The minimum Gasteiger partial charge on any atom is -0.481 e. The number of hydrogen-bond donors (Lipinski definition) is 1. The lowest BCUT2D eigenvalue weighted by molar-refractivity contribution is 0.102. The van der Waals surface area contributed by atoms with Gasteiger partial charge >= 0.3 is 0 Å². The first-order valence-corrected chi connectivity index (χ1v) is 6.20.